The standard InChI is InChI=1S/C24H18O5/c1-15-20-14-19(28-23(25)17-6-4-3-5-7-17)12-13-21(20)29-24(26)22(15)16-8-10-18(27-2)11-9-16/h3-14H,1-2H3. The number of ether oxygens (including phenoxy) is 2. The van der Waals surface area contributed by atoms with Gasteiger partial charge in [-0.2, -0.15) is 0 Å². The number of esters is 1. The third kappa shape index (κ3) is 3.62. The van der Waals surface area contributed by atoms with Gasteiger partial charge in [0.15, 0.2) is 0 Å². The van der Waals surface area contributed by atoms with E-state index in [1.165, 1.54) is 0 Å². The summed E-state index contributed by atoms with van der Waals surface area (Å²) in [5.74, 6) is 0.631. The molecule has 0 amide bonds. The molecule has 5 nitrogen and oxygen atoms in total. The van der Waals surface area contributed by atoms with E-state index in [2.05, 4.69) is 0 Å². The van der Waals surface area contributed by atoms with E-state index in [-0.39, 0.29) is 0 Å². The summed E-state index contributed by atoms with van der Waals surface area (Å²) < 4.78 is 16.2. The van der Waals surface area contributed by atoms with Crippen molar-refractivity contribution in [1.82, 2.24) is 0 Å². The van der Waals surface area contributed by atoms with Crippen LogP contribution in [-0.4, -0.2) is 13.1 Å². The van der Waals surface area contributed by atoms with Gasteiger partial charge in [-0.1, -0.05) is 30.3 Å². The van der Waals surface area contributed by atoms with Crippen molar-refractivity contribution in [1.29, 1.82) is 0 Å². The van der Waals surface area contributed by atoms with Crippen molar-refractivity contribution in [2.24, 2.45) is 0 Å². The Bertz CT molecular complexity index is 1240. The predicted molar refractivity (Wildman–Crippen MR) is 111 cm³/mol. The monoisotopic (exact) mass is 386 g/mol. The number of carbonyl (C=O) groups excluding carboxylic acids is 1. The average Bonchev–Trinajstić information content (AvgIpc) is 2.75. The number of carbonyl (C=O) groups is 1. The fourth-order valence-corrected chi connectivity index (χ4v) is 3.23. The van der Waals surface area contributed by atoms with Gasteiger partial charge >= 0.3 is 11.6 Å². The molecule has 0 unspecified atom stereocenters. The van der Waals surface area contributed by atoms with Crippen molar-refractivity contribution in [3.05, 3.63) is 94.3 Å². The van der Waals surface area contributed by atoms with E-state index in [9.17, 15) is 9.59 Å². The van der Waals surface area contributed by atoms with Crippen LogP contribution < -0.4 is 15.1 Å². The topological polar surface area (TPSA) is 65.7 Å². The van der Waals surface area contributed by atoms with Gasteiger partial charge in [-0.05, 0) is 60.5 Å². The van der Waals surface area contributed by atoms with Crippen molar-refractivity contribution < 1.29 is 18.7 Å². The number of hydrogen-bond donors (Lipinski definition) is 0. The van der Waals surface area contributed by atoms with Crippen LogP contribution in [0.1, 0.15) is 15.9 Å². The van der Waals surface area contributed by atoms with Gasteiger partial charge in [-0.25, -0.2) is 9.59 Å². The van der Waals surface area contributed by atoms with Crippen molar-refractivity contribution in [3.63, 3.8) is 0 Å². The molecule has 0 fully saturated rings. The minimum atomic E-state index is -0.449. The third-order valence-electron chi connectivity index (χ3n) is 4.74. The summed E-state index contributed by atoms with van der Waals surface area (Å²) in [5.41, 5.74) is 2.41. The summed E-state index contributed by atoms with van der Waals surface area (Å²) >= 11 is 0. The van der Waals surface area contributed by atoms with E-state index >= 15 is 0 Å². The molecule has 4 aromatic rings. The molecule has 29 heavy (non-hydrogen) atoms. The second kappa shape index (κ2) is 7.64. The molecule has 0 aliphatic carbocycles. The maximum Gasteiger partial charge on any atom is 0.344 e. The molecule has 144 valence electrons. The molecule has 0 bridgehead atoms. The molecule has 0 spiro atoms. The Hall–Kier alpha value is -3.86. The van der Waals surface area contributed by atoms with E-state index in [1.54, 1.807) is 61.7 Å². The second-order valence-electron chi connectivity index (χ2n) is 6.53. The summed E-state index contributed by atoms with van der Waals surface area (Å²) in [5, 5.41) is 0.703. The Morgan fingerprint density at radius 1 is 0.897 bits per heavy atom. The van der Waals surface area contributed by atoms with Gasteiger partial charge in [-0.15, -0.1) is 0 Å². The zero-order valence-electron chi connectivity index (χ0n) is 16.0. The van der Waals surface area contributed by atoms with E-state index in [4.69, 9.17) is 13.9 Å². The fourth-order valence-electron chi connectivity index (χ4n) is 3.23. The molecular weight excluding hydrogens is 368 g/mol. The minimum absolute atomic E-state index is 0.379. The van der Waals surface area contributed by atoms with Crippen molar-refractivity contribution in [3.8, 4) is 22.6 Å². The Labute approximate surface area is 167 Å². The van der Waals surface area contributed by atoms with Crippen LogP contribution >= 0.6 is 0 Å². The molecule has 4 rings (SSSR count). The maximum absolute atomic E-state index is 12.6. The van der Waals surface area contributed by atoms with Crippen LogP contribution in [0.4, 0.5) is 0 Å². The minimum Gasteiger partial charge on any atom is -0.497 e. The van der Waals surface area contributed by atoms with Crippen LogP contribution in [0.3, 0.4) is 0 Å². The summed E-state index contributed by atoms with van der Waals surface area (Å²) in [4.78, 5) is 24.9. The predicted octanol–water partition coefficient (Wildman–Crippen LogP) is 5.00. The first-order valence-corrected chi connectivity index (χ1v) is 9.06. The quantitative estimate of drug-likeness (QED) is 0.281. The van der Waals surface area contributed by atoms with Gasteiger partial charge in [0, 0.05) is 5.39 Å². The molecule has 0 radical (unpaired) electrons. The summed E-state index contributed by atoms with van der Waals surface area (Å²) in [7, 11) is 1.59. The Morgan fingerprint density at radius 3 is 2.28 bits per heavy atom. The molecule has 1 heterocycles. The molecule has 0 saturated carbocycles. The van der Waals surface area contributed by atoms with Gasteiger partial charge in [0.1, 0.15) is 17.1 Å². The highest BCUT2D eigenvalue weighted by atomic mass is 16.5. The van der Waals surface area contributed by atoms with Crippen LogP contribution in [0.25, 0.3) is 22.1 Å². The number of rotatable bonds is 4. The van der Waals surface area contributed by atoms with Crippen LogP contribution in [0.15, 0.2) is 82.0 Å². The molecular formula is C24H18O5. The molecule has 3 aromatic carbocycles. The molecule has 0 N–H and O–H groups in total. The Kier molecular flexibility index (Phi) is 4.87. The summed E-state index contributed by atoms with van der Waals surface area (Å²) in [6, 6.07) is 20.9. The summed E-state index contributed by atoms with van der Waals surface area (Å²) in [6.07, 6.45) is 0. The Balaban J connectivity index is 1.75. The van der Waals surface area contributed by atoms with Crippen LogP contribution in [0, 0.1) is 6.92 Å². The zero-order valence-corrected chi connectivity index (χ0v) is 16.0. The molecule has 1 aromatic heterocycles. The average molecular weight is 386 g/mol. The first-order valence-electron chi connectivity index (χ1n) is 9.06. The van der Waals surface area contributed by atoms with Gasteiger partial charge in [0.2, 0.25) is 0 Å². The maximum atomic E-state index is 12.6. The lowest BCUT2D eigenvalue weighted by molar-refractivity contribution is 0.0735. The molecule has 0 atom stereocenters. The van der Waals surface area contributed by atoms with E-state index < -0.39 is 11.6 Å². The summed E-state index contributed by atoms with van der Waals surface area (Å²) in [6.45, 7) is 1.85. The molecule has 0 saturated heterocycles. The van der Waals surface area contributed by atoms with Crippen LogP contribution in [0.5, 0.6) is 11.5 Å². The van der Waals surface area contributed by atoms with E-state index in [0.717, 1.165) is 11.1 Å². The van der Waals surface area contributed by atoms with E-state index in [1.807, 2.05) is 25.1 Å². The lowest BCUT2D eigenvalue weighted by atomic mass is 9.99. The van der Waals surface area contributed by atoms with E-state index in [0.29, 0.717) is 33.6 Å². The first kappa shape index (κ1) is 18.5. The number of hydrogen-bond acceptors (Lipinski definition) is 5. The zero-order chi connectivity index (χ0) is 20.4. The van der Waals surface area contributed by atoms with Crippen molar-refractivity contribution >= 4 is 16.9 Å². The normalized spacial score (nSPS) is 10.7. The number of aryl methyl sites for hydroxylation is 1. The second-order valence-corrected chi connectivity index (χ2v) is 6.53. The fraction of sp³-hybridized carbons (Fsp3) is 0.0833. The SMILES string of the molecule is COc1ccc(-c2c(C)c3cc(OC(=O)c4ccccc4)ccc3oc2=O)cc1. The highest BCUT2D eigenvalue weighted by molar-refractivity contribution is 5.92. The van der Waals surface area contributed by atoms with Gasteiger partial charge in [0.25, 0.3) is 0 Å². The highest BCUT2D eigenvalue weighted by Crippen LogP contribution is 2.30. The third-order valence-corrected chi connectivity index (χ3v) is 4.74. The van der Waals surface area contributed by atoms with Crippen LogP contribution in [0.2, 0.25) is 0 Å². The van der Waals surface area contributed by atoms with Gasteiger partial charge < -0.3 is 13.9 Å². The first-order chi connectivity index (χ1) is 14.1. The highest BCUT2D eigenvalue weighted by Gasteiger charge is 2.15. The lowest BCUT2D eigenvalue weighted by Crippen LogP contribution is -2.09. The number of fused-ring (bicyclic) bond motifs is 1. The number of methoxy groups -OCH3 is 1. The van der Waals surface area contributed by atoms with Crippen molar-refractivity contribution in [2.45, 2.75) is 6.92 Å². The smallest absolute Gasteiger partial charge is 0.344 e. The van der Waals surface area contributed by atoms with Gasteiger partial charge in [-0.3, -0.25) is 0 Å². The molecule has 0 aliphatic rings. The Morgan fingerprint density at radius 2 is 1.59 bits per heavy atom. The van der Waals surface area contributed by atoms with Crippen molar-refractivity contribution in [2.75, 3.05) is 7.11 Å². The number of benzene rings is 3. The van der Waals surface area contributed by atoms with Gasteiger partial charge in [0.05, 0.1) is 18.2 Å². The molecule has 0 aliphatic heterocycles. The lowest BCUT2D eigenvalue weighted by Gasteiger charge is -2.10. The van der Waals surface area contributed by atoms with Crippen LogP contribution in [-0.2, 0) is 0 Å². The molecule has 5 heteroatoms. The largest absolute Gasteiger partial charge is 0.497 e.